The maximum atomic E-state index is 11.0. The normalized spacial score (nSPS) is 10.4. The van der Waals surface area contributed by atoms with Gasteiger partial charge in [0.15, 0.2) is 5.76 Å². The average molecular weight is 292 g/mol. The standard InChI is InChI=1S/C12H16N6O3/c1-3-4-13-12-15-7-10(18(19)20)11(16-12)14-6-9-5-8(2)17-21-9/h5,7H,3-4,6H2,1-2H3,(H2,13,14,15,16). The Labute approximate surface area is 120 Å². The van der Waals surface area contributed by atoms with Gasteiger partial charge in [0.2, 0.25) is 11.8 Å². The van der Waals surface area contributed by atoms with Crippen molar-refractivity contribution in [2.24, 2.45) is 0 Å². The van der Waals surface area contributed by atoms with Crippen molar-refractivity contribution in [3.05, 3.63) is 33.8 Å². The molecule has 0 aromatic carbocycles. The summed E-state index contributed by atoms with van der Waals surface area (Å²) in [5, 5.41) is 20.6. The van der Waals surface area contributed by atoms with E-state index in [1.54, 1.807) is 13.0 Å². The Morgan fingerprint density at radius 2 is 2.24 bits per heavy atom. The Morgan fingerprint density at radius 3 is 2.86 bits per heavy atom. The first-order valence-electron chi connectivity index (χ1n) is 6.51. The third-order valence-corrected chi connectivity index (χ3v) is 2.61. The lowest BCUT2D eigenvalue weighted by Crippen LogP contribution is -2.09. The molecule has 2 rings (SSSR count). The van der Waals surface area contributed by atoms with Gasteiger partial charge in [0.05, 0.1) is 17.2 Å². The fraction of sp³-hybridized carbons (Fsp3) is 0.417. The Kier molecular flexibility index (Phi) is 4.64. The van der Waals surface area contributed by atoms with E-state index in [0.29, 0.717) is 18.3 Å². The van der Waals surface area contributed by atoms with E-state index in [1.165, 1.54) is 6.20 Å². The van der Waals surface area contributed by atoms with Crippen LogP contribution in [0.4, 0.5) is 17.5 Å². The van der Waals surface area contributed by atoms with Gasteiger partial charge >= 0.3 is 5.69 Å². The van der Waals surface area contributed by atoms with E-state index in [4.69, 9.17) is 4.52 Å². The van der Waals surface area contributed by atoms with Crippen LogP contribution in [0, 0.1) is 17.0 Å². The highest BCUT2D eigenvalue weighted by molar-refractivity contribution is 5.56. The maximum Gasteiger partial charge on any atom is 0.329 e. The van der Waals surface area contributed by atoms with E-state index in [0.717, 1.165) is 12.1 Å². The van der Waals surface area contributed by atoms with E-state index < -0.39 is 4.92 Å². The number of anilines is 2. The van der Waals surface area contributed by atoms with Crippen LogP contribution >= 0.6 is 0 Å². The molecule has 2 heterocycles. The molecule has 0 bridgehead atoms. The summed E-state index contributed by atoms with van der Waals surface area (Å²) >= 11 is 0. The summed E-state index contributed by atoms with van der Waals surface area (Å²) in [6.45, 7) is 4.75. The smallest absolute Gasteiger partial charge is 0.329 e. The lowest BCUT2D eigenvalue weighted by molar-refractivity contribution is -0.384. The molecule has 0 aliphatic carbocycles. The van der Waals surface area contributed by atoms with Gasteiger partial charge in [0.1, 0.15) is 6.20 Å². The van der Waals surface area contributed by atoms with Crippen LogP contribution in [0.25, 0.3) is 0 Å². The van der Waals surface area contributed by atoms with Crippen molar-refractivity contribution in [3.8, 4) is 0 Å². The summed E-state index contributed by atoms with van der Waals surface area (Å²) < 4.78 is 5.04. The highest BCUT2D eigenvalue weighted by atomic mass is 16.6. The molecule has 0 fully saturated rings. The fourth-order valence-corrected chi connectivity index (χ4v) is 1.63. The molecule has 0 saturated carbocycles. The first-order valence-corrected chi connectivity index (χ1v) is 6.51. The number of aryl methyl sites for hydroxylation is 1. The number of nitro groups is 1. The zero-order valence-corrected chi connectivity index (χ0v) is 11.8. The van der Waals surface area contributed by atoms with Gasteiger partial charge in [-0.25, -0.2) is 4.98 Å². The van der Waals surface area contributed by atoms with Crippen LogP contribution in [0.15, 0.2) is 16.8 Å². The van der Waals surface area contributed by atoms with Crippen molar-refractivity contribution in [3.63, 3.8) is 0 Å². The Morgan fingerprint density at radius 1 is 1.43 bits per heavy atom. The molecule has 9 nitrogen and oxygen atoms in total. The van der Waals surface area contributed by atoms with Crippen molar-refractivity contribution in [1.29, 1.82) is 0 Å². The second-order valence-electron chi connectivity index (χ2n) is 4.40. The predicted octanol–water partition coefficient (Wildman–Crippen LogP) is 2.12. The largest absolute Gasteiger partial charge is 0.359 e. The van der Waals surface area contributed by atoms with Crippen LogP contribution < -0.4 is 10.6 Å². The number of hydrogen-bond acceptors (Lipinski definition) is 8. The minimum atomic E-state index is -0.530. The molecular formula is C12H16N6O3. The summed E-state index contributed by atoms with van der Waals surface area (Å²) in [6.07, 6.45) is 2.08. The van der Waals surface area contributed by atoms with E-state index in [-0.39, 0.29) is 18.1 Å². The molecule has 9 heteroatoms. The summed E-state index contributed by atoms with van der Waals surface area (Å²) in [5.41, 5.74) is 0.558. The molecule has 2 N–H and O–H groups in total. The number of nitrogens with zero attached hydrogens (tertiary/aromatic N) is 4. The van der Waals surface area contributed by atoms with Crippen LogP contribution in [-0.4, -0.2) is 26.6 Å². The SMILES string of the molecule is CCCNc1ncc([N+](=O)[O-])c(NCc2cc(C)no2)n1. The molecule has 112 valence electrons. The molecule has 2 aromatic rings. The number of aromatic nitrogens is 3. The molecule has 0 radical (unpaired) electrons. The minimum Gasteiger partial charge on any atom is -0.359 e. The molecule has 0 saturated heterocycles. The summed E-state index contributed by atoms with van der Waals surface area (Å²) in [4.78, 5) is 18.5. The van der Waals surface area contributed by atoms with Gasteiger partial charge < -0.3 is 15.2 Å². The fourth-order valence-electron chi connectivity index (χ4n) is 1.63. The van der Waals surface area contributed by atoms with Crippen molar-refractivity contribution in [2.45, 2.75) is 26.8 Å². The number of rotatable bonds is 7. The molecule has 0 unspecified atom stereocenters. The molecule has 0 spiro atoms. The van der Waals surface area contributed by atoms with Gasteiger partial charge in [-0.15, -0.1) is 0 Å². The van der Waals surface area contributed by atoms with Crippen LogP contribution in [0.3, 0.4) is 0 Å². The van der Waals surface area contributed by atoms with Crippen LogP contribution in [0.2, 0.25) is 0 Å². The molecule has 0 amide bonds. The maximum absolute atomic E-state index is 11.0. The second-order valence-corrected chi connectivity index (χ2v) is 4.40. The number of hydrogen-bond donors (Lipinski definition) is 2. The Bertz CT molecular complexity index is 627. The lowest BCUT2D eigenvalue weighted by Gasteiger charge is -2.07. The van der Waals surface area contributed by atoms with Crippen molar-refractivity contribution in [2.75, 3.05) is 17.2 Å². The second kappa shape index (κ2) is 6.64. The molecular weight excluding hydrogens is 276 g/mol. The first-order chi connectivity index (χ1) is 10.1. The number of nitrogens with one attached hydrogen (secondary N) is 2. The van der Waals surface area contributed by atoms with Crippen LogP contribution in [-0.2, 0) is 6.54 Å². The van der Waals surface area contributed by atoms with Gasteiger partial charge in [-0.3, -0.25) is 10.1 Å². The average Bonchev–Trinajstić information content (AvgIpc) is 2.88. The zero-order valence-electron chi connectivity index (χ0n) is 11.8. The van der Waals surface area contributed by atoms with Gasteiger partial charge in [-0.1, -0.05) is 12.1 Å². The van der Waals surface area contributed by atoms with E-state index in [2.05, 4.69) is 25.8 Å². The third-order valence-electron chi connectivity index (χ3n) is 2.61. The predicted molar refractivity (Wildman–Crippen MR) is 76.0 cm³/mol. The van der Waals surface area contributed by atoms with Gasteiger partial charge in [-0.05, 0) is 13.3 Å². The highest BCUT2D eigenvalue weighted by Crippen LogP contribution is 2.22. The quantitative estimate of drug-likeness (QED) is 0.588. The van der Waals surface area contributed by atoms with Crippen LogP contribution in [0.5, 0.6) is 0 Å². The molecule has 0 atom stereocenters. The Balaban J connectivity index is 2.15. The first kappa shape index (κ1) is 14.7. The lowest BCUT2D eigenvalue weighted by atomic mass is 10.4. The molecule has 0 aliphatic rings. The topological polar surface area (TPSA) is 119 Å². The molecule has 21 heavy (non-hydrogen) atoms. The molecule has 0 aliphatic heterocycles. The van der Waals surface area contributed by atoms with E-state index >= 15 is 0 Å². The molecule has 2 aromatic heterocycles. The van der Waals surface area contributed by atoms with E-state index in [1.807, 2.05) is 6.92 Å². The Hall–Kier alpha value is -2.71. The van der Waals surface area contributed by atoms with Gasteiger partial charge in [0.25, 0.3) is 0 Å². The highest BCUT2D eigenvalue weighted by Gasteiger charge is 2.17. The van der Waals surface area contributed by atoms with Gasteiger partial charge in [0, 0.05) is 12.6 Å². The monoisotopic (exact) mass is 292 g/mol. The van der Waals surface area contributed by atoms with Gasteiger partial charge in [-0.2, -0.15) is 4.98 Å². The van der Waals surface area contributed by atoms with Crippen molar-refractivity contribution in [1.82, 2.24) is 15.1 Å². The minimum absolute atomic E-state index is 0.141. The summed E-state index contributed by atoms with van der Waals surface area (Å²) in [5.74, 6) is 1.06. The summed E-state index contributed by atoms with van der Waals surface area (Å²) in [7, 11) is 0. The van der Waals surface area contributed by atoms with Crippen molar-refractivity contribution >= 4 is 17.5 Å². The summed E-state index contributed by atoms with van der Waals surface area (Å²) in [6, 6.07) is 1.75. The third kappa shape index (κ3) is 3.88. The van der Waals surface area contributed by atoms with Crippen molar-refractivity contribution < 1.29 is 9.45 Å². The van der Waals surface area contributed by atoms with E-state index in [9.17, 15) is 10.1 Å². The van der Waals surface area contributed by atoms with Crippen LogP contribution in [0.1, 0.15) is 24.8 Å². The zero-order chi connectivity index (χ0) is 15.2.